The molecule has 2 unspecified atom stereocenters. The smallest absolute Gasteiger partial charge is 0.255 e. The second kappa shape index (κ2) is 8.25. The zero-order valence-electron chi connectivity index (χ0n) is 16.8. The molecule has 5 nitrogen and oxygen atoms in total. The molecule has 1 amide bonds. The lowest BCUT2D eigenvalue weighted by Gasteiger charge is -2.29. The number of benzene rings is 2. The van der Waals surface area contributed by atoms with Crippen molar-refractivity contribution in [2.24, 2.45) is 0 Å². The summed E-state index contributed by atoms with van der Waals surface area (Å²) in [5.74, 6) is 0.344. The van der Waals surface area contributed by atoms with Crippen molar-refractivity contribution < 1.29 is 9.21 Å². The van der Waals surface area contributed by atoms with Crippen molar-refractivity contribution in [2.45, 2.75) is 50.7 Å². The Morgan fingerprint density at radius 2 is 1.73 bits per heavy atom. The van der Waals surface area contributed by atoms with E-state index in [1.807, 2.05) is 30.3 Å². The molecule has 5 rings (SSSR count). The molecule has 2 fully saturated rings. The number of nitrogens with one attached hydrogen (secondary N) is 2. The third-order valence-corrected chi connectivity index (χ3v) is 6.23. The molecule has 30 heavy (non-hydrogen) atoms. The molecule has 2 atom stereocenters. The molecule has 2 N–H and O–H groups in total. The molecule has 1 aromatic heterocycles. The van der Waals surface area contributed by atoms with E-state index in [1.165, 1.54) is 12.8 Å². The number of para-hydroxylation sites is 1. The van der Waals surface area contributed by atoms with Crippen molar-refractivity contribution in [2.75, 3.05) is 0 Å². The third kappa shape index (κ3) is 3.64. The average Bonchev–Trinajstić information content (AvgIpc) is 3.08. The summed E-state index contributed by atoms with van der Waals surface area (Å²) >= 11 is 0. The fourth-order valence-electron chi connectivity index (χ4n) is 4.79. The Kier molecular flexibility index (Phi) is 5.67. The van der Waals surface area contributed by atoms with E-state index in [0.717, 1.165) is 18.4 Å². The first-order valence-corrected chi connectivity index (χ1v) is 10.3. The van der Waals surface area contributed by atoms with E-state index in [9.17, 15) is 9.59 Å². The minimum absolute atomic E-state index is 0. The van der Waals surface area contributed by atoms with Crippen LogP contribution in [0.25, 0.3) is 22.3 Å². The lowest BCUT2D eigenvalue weighted by atomic mass is 9.99. The maximum Gasteiger partial charge on any atom is 0.255 e. The van der Waals surface area contributed by atoms with Crippen LogP contribution in [0.4, 0.5) is 0 Å². The van der Waals surface area contributed by atoms with Crippen molar-refractivity contribution in [3.8, 4) is 11.3 Å². The molecule has 156 valence electrons. The molecule has 0 saturated carbocycles. The fraction of sp³-hybridized carbons (Fsp3) is 0.333. The van der Waals surface area contributed by atoms with Crippen molar-refractivity contribution in [3.05, 3.63) is 69.9 Å². The molecular formula is C24H25ClN2O3. The standard InChI is InChI=1S/C24H24N2O3.ClH/c1-14-21(27)19-8-5-9-20(23(19)29-22(14)15-6-3-2-4-7-15)24(28)26-18-12-16-10-11-17(13-18)25-16;/h2-9,16-18,25H,10-13H2,1H3,(H,26,28);1H. The Balaban J connectivity index is 0.00000218. The van der Waals surface area contributed by atoms with E-state index in [4.69, 9.17) is 4.42 Å². The zero-order chi connectivity index (χ0) is 20.0. The average molecular weight is 425 g/mol. The summed E-state index contributed by atoms with van der Waals surface area (Å²) in [6, 6.07) is 15.9. The van der Waals surface area contributed by atoms with Gasteiger partial charge in [-0.3, -0.25) is 9.59 Å². The van der Waals surface area contributed by atoms with Gasteiger partial charge in [-0.25, -0.2) is 0 Å². The molecule has 2 bridgehead atoms. The van der Waals surface area contributed by atoms with E-state index in [1.54, 1.807) is 25.1 Å². The predicted octanol–water partition coefficient (Wildman–Crippen LogP) is 4.20. The highest BCUT2D eigenvalue weighted by atomic mass is 35.5. The minimum atomic E-state index is -0.173. The molecule has 0 radical (unpaired) electrons. The summed E-state index contributed by atoms with van der Waals surface area (Å²) in [7, 11) is 0. The molecule has 3 aromatic rings. The first-order valence-electron chi connectivity index (χ1n) is 10.3. The van der Waals surface area contributed by atoms with E-state index in [-0.39, 0.29) is 29.8 Å². The molecule has 3 heterocycles. The molecule has 6 heteroatoms. The normalized spacial score (nSPS) is 22.5. The minimum Gasteiger partial charge on any atom is -0.455 e. The van der Waals surface area contributed by atoms with Crippen LogP contribution in [0.1, 0.15) is 41.6 Å². The van der Waals surface area contributed by atoms with Crippen LogP contribution in [-0.2, 0) is 0 Å². The van der Waals surface area contributed by atoms with Gasteiger partial charge in [0.25, 0.3) is 5.91 Å². The number of fused-ring (bicyclic) bond motifs is 3. The molecule has 2 aromatic carbocycles. The summed E-state index contributed by atoms with van der Waals surface area (Å²) in [5.41, 5.74) is 2.06. The van der Waals surface area contributed by atoms with Gasteiger partial charge in [0.05, 0.1) is 10.9 Å². The summed E-state index contributed by atoms with van der Waals surface area (Å²) < 4.78 is 6.18. The summed E-state index contributed by atoms with van der Waals surface area (Å²) in [6.45, 7) is 1.77. The molecule has 2 aliphatic heterocycles. The van der Waals surface area contributed by atoms with Gasteiger partial charge in [0.2, 0.25) is 0 Å². The van der Waals surface area contributed by atoms with Gasteiger partial charge in [-0.1, -0.05) is 36.4 Å². The van der Waals surface area contributed by atoms with E-state index < -0.39 is 0 Å². The second-order valence-electron chi connectivity index (χ2n) is 8.21. The van der Waals surface area contributed by atoms with Gasteiger partial charge in [-0.2, -0.15) is 0 Å². The largest absolute Gasteiger partial charge is 0.455 e. The maximum atomic E-state index is 13.1. The van der Waals surface area contributed by atoms with Gasteiger partial charge in [-0.05, 0) is 44.7 Å². The van der Waals surface area contributed by atoms with Gasteiger partial charge in [0, 0.05) is 29.3 Å². The first-order chi connectivity index (χ1) is 14.1. The number of hydrogen-bond donors (Lipinski definition) is 2. The monoisotopic (exact) mass is 424 g/mol. The Morgan fingerprint density at radius 1 is 1.03 bits per heavy atom. The summed E-state index contributed by atoms with van der Waals surface area (Å²) in [5, 5.41) is 7.22. The van der Waals surface area contributed by atoms with Gasteiger partial charge >= 0.3 is 0 Å². The SMILES string of the molecule is Cc1c(-c2ccccc2)oc2c(C(=O)NC3CC4CCC(C3)N4)cccc2c1=O.Cl. The Labute approximate surface area is 181 Å². The van der Waals surface area contributed by atoms with Crippen molar-refractivity contribution in [1.29, 1.82) is 0 Å². The maximum absolute atomic E-state index is 13.1. The van der Waals surface area contributed by atoms with Crippen LogP contribution in [-0.4, -0.2) is 24.0 Å². The van der Waals surface area contributed by atoms with Gasteiger partial charge in [0.15, 0.2) is 11.0 Å². The Hall–Kier alpha value is -2.63. The number of carbonyl (C=O) groups is 1. The summed E-state index contributed by atoms with van der Waals surface area (Å²) in [4.78, 5) is 26.1. The van der Waals surface area contributed by atoms with Crippen molar-refractivity contribution in [3.63, 3.8) is 0 Å². The topological polar surface area (TPSA) is 71.3 Å². The van der Waals surface area contributed by atoms with Crippen molar-refractivity contribution >= 4 is 29.3 Å². The van der Waals surface area contributed by atoms with Gasteiger partial charge in [-0.15, -0.1) is 12.4 Å². The van der Waals surface area contributed by atoms with Crippen LogP contribution < -0.4 is 16.1 Å². The molecule has 0 spiro atoms. The Morgan fingerprint density at radius 3 is 2.43 bits per heavy atom. The summed E-state index contributed by atoms with van der Waals surface area (Å²) in [6.07, 6.45) is 4.26. The predicted molar refractivity (Wildman–Crippen MR) is 120 cm³/mol. The lowest BCUT2D eigenvalue weighted by Crippen LogP contribution is -2.48. The van der Waals surface area contributed by atoms with Gasteiger partial charge < -0.3 is 15.1 Å². The quantitative estimate of drug-likeness (QED) is 0.660. The number of carbonyl (C=O) groups excluding carboxylic acids is 1. The number of rotatable bonds is 3. The number of halogens is 1. The molecule has 2 aliphatic rings. The van der Waals surface area contributed by atoms with Crippen LogP contribution >= 0.6 is 12.4 Å². The number of piperidine rings is 1. The van der Waals surface area contributed by atoms with E-state index in [0.29, 0.717) is 39.9 Å². The molecule has 2 saturated heterocycles. The Bertz CT molecular complexity index is 1130. The van der Waals surface area contributed by atoms with E-state index >= 15 is 0 Å². The number of hydrogen-bond acceptors (Lipinski definition) is 4. The van der Waals surface area contributed by atoms with Gasteiger partial charge in [0.1, 0.15) is 5.76 Å². The second-order valence-corrected chi connectivity index (χ2v) is 8.21. The third-order valence-electron chi connectivity index (χ3n) is 6.23. The highest BCUT2D eigenvalue weighted by molar-refractivity contribution is 6.05. The highest BCUT2D eigenvalue weighted by Crippen LogP contribution is 2.29. The lowest BCUT2D eigenvalue weighted by molar-refractivity contribution is 0.0924. The van der Waals surface area contributed by atoms with E-state index in [2.05, 4.69) is 10.6 Å². The first kappa shape index (κ1) is 20.6. The fourth-order valence-corrected chi connectivity index (χ4v) is 4.79. The van der Waals surface area contributed by atoms with Crippen LogP contribution in [0, 0.1) is 6.92 Å². The highest BCUT2D eigenvalue weighted by Gasteiger charge is 2.34. The molecular weight excluding hydrogens is 400 g/mol. The molecule has 0 aliphatic carbocycles. The van der Waals surface area contributed by atoms with Crippen molar-refractivity contribution in [1.82, 2.24) is 10.6 Å². The van der Waals surface area contributed by atoms with Crippen LogP contribution in [0.15, 0.2) is 57.7 Å². The van der Waals surface area contributed by atoms with Crippen LogP contribution in [0.2, 0.25) is 0 Å². The van der Waals surface area contributed by atoms with Crippen LogP contribution in [0.3, 0.4) is 0 Å². The number of amides is 1. The van der Waals surface area contributed by atoms with Crippen LogP contribution in [0.5, 0.6) is 0 Å². The zero-order valence-corrected chi connectivity index (χ0v) is 17.6.